The highest BCUT2D eigenvalue weighted by Gasteiger charge is 2.26. The number of fused-ring (bicyclic) bond motifs is 1. The summed E-state index contributed by atoms with van der Waals surface area (Å²) in [4.78, 5) is 6.80. The third-order valence-corrected chi connectivity index (χ3v) is 4.44. The minimum absolute atomic E-state index is 0.229. The summed E-state index contributed by atoms with van der Waals surface area (Å²) in [5, 5.41) is 0. The molecule has 0 N–H and O–H groups in total. The van der Waals surface area contributed by atoms with Gasteiger partial charge in [-0.1, -0.05) is 42.5 Å². The normalized spacial score (nSPS) is 15.9. The van der Waals surface area contributed by atoms with Crippen molar-refractivity contribution in [2.45, 2.75) is 13.8 Å². The quantitative estimate of drug-likeness (QED) is 0.776. The van der Waals surface area contributed by atoms with Crippen LogP contribution in [-0.4, -0.2) is 31.4 Å². The first-order chi connectivity index (χ1) is 11.9. The third kappa shape index (κ3) is 3.20. The number of nitrogens with zero attached hydrogens (tertiary/aromatic N) is 2. The monoisotopic (exact) mass is 334 g/mol. The van der Waals surface area contributed by atoms with Gasteiger partial charge >= 0.3 is 0 Å². The van der Waals surface area contributed by atoms with Crippen molar-refractivity contribution < 1.29 is 4.39 Å². The Hall–Kier alpha value is -2.52. The molecular weight excluding hydrogens is 311 g/mol. The third-order valence-electron chi connectivity index (χ3n) is 4.44. The van der Waals surface area contributed by atoms with Crippen LogP contribution in [-0.2, 0) is 0 Å². The highest BCUT2D eigenvalue weighted by atomic mass is 19.1. The molecule has 25 heavy (non-hydrogen) atoms. The lowest BCUT2D eigenvalue weighted by atomic mass is 9.79. The van der Waals surface area contributed by atoms with Gasteiger partial charge in [0, 0.05) is 11.1 Å². The van der Waals surface area contributed by atoms with Crippen LogP contribution in [0.25, 0.3) is 11.1 Å². The Balaban J connectivity index is 2.27. The molecule has 2 aromatic carbocycles. The average molecular weight is 334 g/mol. The molecule has 0 saturated heterocycles. The van der Waals surface area contributed by atoms with E-state index in [1.807, 2.05) is 57.1 Å². The van der Waals surface area contributed by atoms with Crippen molar-refractivity contribution in [3.63, 3.8) is 0 Å². The van der Waals surface area contributed by atoms with Gasteiger partial charge in [0.05, 0.1) is 12.4 Å². The van der Waals surface area contributed by atoms with Gasteiger partial charge in [-0.15, -0.1) is 0 Å². The highest BCUT2D eigenvalue weighted by molar-refractivity contribution is 6.28. The maximum atomic E-state index is 14.6. The maximum absolute atomic E-state index is 14.6. The summed E-state index contributed by atoms with van der Waals surface area (Å²) in [7, 11) is 3.97. The molecule has 2 aromatic rings. The van der Waals surface area contributed by atoms with Crippen molar-refractivity contribution in [1.29, 1.82) is 0 Å². The average Bonchev–Trinajstić information content (AvgIpc) is 2.57. The number of benzene rings is 2. The predicted molar refractivity (Wildman–Crippen MR) is 104 cm³/mol. The van der Waals surface area contributed by atoms with Gasteiger partial charge in [-0.25, -0.2) is 4.39 Å². The molecule has 0 atom stereocenters. The van der Waals surface area contributed by atoms with Crippen LogP contribution in [0.3, 0.4) is 0 Å². The number of allylic oxidation sites excluding steroid dienone is 3. The van der Waals surface area contributed by atoms with Gasteiger partial charge in [-0.05, 0) is 62.4 Å². The molecule has 0 bridgehead atoms. The lowest BCUT2D eigenvalue weighted by Crippen LogP contribution is -2.19. The van der Waals surface area contributed by atoms with Crippen LogP contribution < -0.4 is 0 Å². The van der Waals surface area contributed by atoms with Gasteiger partial charge in [0.25, 0.3) is 0 Å². The second-order valence-corrected chi connectivity index (χ2v) is 6.74. The van der Waals surface area contributed by atoms with E-state index >= 15 is 0 Å². The number of rotatable bonds is 3. The van der Waals surface area contributed by atoms with E-state index in [1.54, 1.807) is 6.07 Å². The molecular formula is C22H23FN2. The Labute approximate surface area is 149 Å². The summed E-state index contributed by atoms with van der Waals surface area (Å²) in [6.07, 6.45) is 0. The Morgan fingerprint density at radius 3 is 2.36 bits per heavy atom. The molecule has 0 radical (unpaired) electrons. The van der Waals surface area contributed by atoms with Crippen molar-refractivity contribution in [3.05, 3.63) is 82.7 Å². The first-order valence-electron chi connectivity index (χ1n) is 8.36. The molecule has 1 aliphatic rings. The van der Waals surface area contributed by atoms with Crippen LogP contribution in [0.4, 0.5) is 4.39 Å². The van der Waals surface area contributed by atoms with Gasteiger partial charge < -0.3 is 0 Å². The summed E-state index contributed by atoms with van der Waals surface area (Å²) >= 11 is 0. The van der Waals surface area contributed by atoms with E-state index in [0.29, 0.717) is 12.2 Å². The molecule has 3 rings (SSSR count). The van der Waals surface area contributed by atoms with Crippen LogP contribution in [0.1, 0.15) is 29.2 Å². The smallest absolute Gasteiger partial charge is 0.131 e. The van der Waals surface area contributed by atoms with E-state index in [1.165, 1.54) is 6.07 Å². The SMILES string of the molecule is C=C1C(c2cc(C)ccc2F)=C(C)/C(=N\CN(C)C)c2ccccc21. The molecule has 0 aliphatic heterocycles. The number of hydrogen-bond donors (Lipinski definition) is 0. The van der Waals surface area contributed by atoms with Crippen LogP contribution in [0.2, 0.25) is 0 Å². The molecule has 0 spiro atoms. The van der Waals surface area contributed by atoms with Gasteiger partial charge in [0.1, 0.15) is 5.82 Å². The van der Waals surface area contributed by atoms with E-state index in [9.17, 15) is 4.39 Å². The molecule has 0 aromatic heterocycles. The molecule has 3 heteroatoms. The number of halogens is 1. The van der Waals surface area contributed by atoms with E-state index < -0.39 is 0 Å². The summed E-state index contributed by atoms with van der Waals surface area (Å²) in [5.74, 6) is -0.229. The maximum Gasteiger partial charge on any atom is 0.131 e. The second kappa shape index (κ2) is 6.77. The van der Waals surface area contributed by atoms with Crippen molar-refractivity contribution in [1.82, 2.24) is 4.90 Å². The number of aliphatic imine (C=N–C) groups is 1. The van der Waals surface area contributed by atoms with Gasteiger partial charge in [0.2, 0.25) is 0 Å². The zero-order valence-corrected chi connectivity index (χ0v) is 15.2. The fourth-order valence-electron chi connectivity index (χ4n) is 3.25. The fraction of sp³-hybridized carbons (Fsp3) is 0.227. The minimum atomic E-state index is -0.229. The molecule has 0 heterocycles. The van der Waals surface area contributed by atoms with Crippen LogP contribution in [0.15, 0.2) is 59.6 Å². The number of aryl methyl sites for hydroxylation is 1. The largest absolute Gasteiger partial charge is 0.291 e. The van der Waals surface area contributed by atoms with Gasteiger partial charge in [-0.3, -0.25) is 9.89 Å². The van der Waals surface area contributed by atoms with Crippen molar-refractivity contribution >= 4 is 16.9 Å². The fourth-order valence-corrected chi connectivity index (χ4v) is 3.25. The zero-order chi connectivity index (χ0) is 18.1. The van der Waals surface area contributed by atoms with Crippen LogP contribution in [0.5, 0.6) is 0 Å². The molecule has 2 nitrogen and oxygen atoms in total. The molecule has 0 fully saturated rings. The van der Waals surface area contributed by atoms with E-state index in [2.05, 4.69) is 12.6 Å². The topological polar surface area (TPSA) is 15.6 Å². The van der Waals surface area contributed by atoms with Gasteiger partial charge in [0.15, 0.2) is 0 Å². The van der Waals surface area contributed by atoms with Crippen molar-refractivity contribution in [2.75, 3.05) is 20.8 Å². The lowest BCUT2D eigenvalue weighted by molar-refractivity contribution is 0.424. The summed E-state index contributed by atoms with van der Waals surface area (Å²) in [5.41, 5.74) is 7.26. The molecule has 0 amide bonds. The summed E-state index contributed by atoms with van der Waals surface area (Å²) < 4.78 is 14.6. The van der Waals surface area contributed by atoms with Gasteiger partial charge in [-0.2, -0.15) is 0 Å². The minimum Gasteiger partial charge on any atom is -0.291 e. The van der Waals surface area contributed by atoms with Crippen molar-refractivity contribution in [2.24, 2.45) is 4.99 Å². The number of hydrogen-bond acceptors (Lipinski definition) is 2. The second-order valence-electron chi connectivity index (χ2n) is 6.74. The molecule has 1 aliphatic carbocycles. The van der Waals surface area contributed by atoms with E-state index in [4.69, 9.17) is 4.99 Å². The standard InChI is InChI=1S/C22H23FN2/c1-14-10-11-20(23)19(12-14)21-15(2)17-8-6-7-9-18(17)22(16(21)3)24-13-25(4)5/h6-12H,2,13H2,1,3-5H3/b24-22+. The summed E-state index contributed by atoms with van der Waals surface area (Å²) in [6.45, 7) is 8.83. The van der Waals surface area contributed by atoms with Crippen molar-refractivity contribution in [3.8, 4) is 0 Å². The summed E-state index contributed by atoms with van der Waals surface area (Å²) in [6, 6.07) is 13.3. The highest BCUT2D eigenvalue weighted by Crippen LogP contribution is 2.41. The molecule has 0 saturated carbocycles. The Morgan fingerprint density at radius 2 is 1.68 bits per heavy atom. The zero-order valence-electron chi connectivity index (χ0n) is 15.2. The Bertz CT molecular complexity index is 904. The van der Waals surface area contributed by atoms with E-state index in [0.717, 1.165) is 39.1 Å². The Kier molecular flexibility index (Phi) is 4.69. The molecule has 0 unspecified atom stereocenters. The Morgan fingerprint density at radius 1 is 1.00 bits per heavy atom. The predicted octanol–water partition coefficient (Wildman–Crippen LogP) is 4.94. The van der Waals surface area contributed by atoms with Crippen LogP contribution >= 0.6 is 0 Å². The first kappa shape index (κ1) is 17.3. The molecule has 128 valence electrons. The lowest BCUT2D eigenvalue weighted by Gasteiger charge is -2.26. The van der Waals surface area contributed by atoms with E-state index in [-0.39, 0.29) is 5.82 Å². The van der Waals surface area contributed by atoms with Crippen LogP contribution in [0, 0.1) is 12.7 Å². The first-order valence-corrected chi connectivity index (χ1v) is 8.36.